The summed E-state index contributed by atoms with van der Waals surface area (Å²) in [5.41, 5.74) is 0.841. The Bertz CT molecular complexity index is 647. The summed E-state index contributed by atoms with van der Waals surface area (Å²) in [7, 11) is 7.84. The molecule has 0 atom stereocenters. The second-order valence-electron chi connectivity index (χ2n) is 5.24. The van der Waals surface area contributed by atoms with Crippen molar-refractivity contribution in [2.45, 2.75) is 6.42 Å². The summed E-state index contributed by atoms with van der Waals surface area (Å²) >= 11 is 5.97. The average Bonchev–Trinajstić information content (AvgIpc) is 2.91. The Labute approximate surface area is 158 Å². The molecule has 2 rings (SSSR count). The lowest BCUT2D eigenvalue weighted by Crippen LogP contribution is -2.35. The van der Waals surface area contributed by atoms with Crippen molar-refractivity contribution in [3.63, 3.8) is 0 Å². The van der Waals surface area contributed by atoms with Crippen molar-refractivity contribution in [1.29, 1.82) is 0 Å². The predicted octanol–water partition coefficient (Wildman–Crippen LogP) is 3.03. The van der Waals surface area contributed by atoms with E-state index < -0.39 is 0 Å². The second-order valence-corrected chi connectivity index (χ2v) is 5.68. The summed E-state index contributed by atoms with van der Waals surface area (Å²) in [5, 5.41) is 4.63. The van der Waals surface area contributed by atoms with E-state index in [1.165, 1.54) is 0 Å². The lowest BCUT2D eigenvalue weighted by molar-refractivity contribution is 0.379. The van der Waals surface area contributed by atoms with E-state index >= 15 is 0 Å². The Morgan fingerprint density at radius 3 is 2.52 bits per heavy atom. The van der Waals surface area contributed by atoms with E-state index in [9.17, 15) is 0 Å². The minimum absolute atomic E-state index is 0. The third-order valence-electron chi connectivity index (χ3n) is 2.93. The number of hydrogen-bond donors (Lipinski definition) is 0. The number of guanidine groups is 1. The second kappa shape index (κ2) is 9.07. The zero-order chi connectivity index (χ0) is 16.1. The van der Waals surface area contributed by atoms with Crippen molar-refractivity contribution in [1.82, 2.24) is 19.9 Å². The van der Waals surface area contributed by atoms with Crippen LogP contribution < -0.4 is 0 Å². The molecule has 1 aromatic heterocycles. The van der Waals surface area contributed by atoms with Gasteiger partial charge in [0.2, 0.25) is 11.7 Å². The van der Waals surface area contributed by atoms with Gasteiger partial charge in [-0.15, -0.1) is 24.0 Å². The monoisotopic (exact) mass is 449 g/mol. The lowest BCUT2D eigenvalue weighted by Gasteiger charge is -2.22. The molecule has 0 unspecified atom stereocenters. The first kappa shape index (κ1) is 19.7. The molecule has 0 bridgehead atoms. The van der Waals surface area contributed by atoms with Gasteiger partial charge in [-0.3, -0.25) is 4.99 Å². The maximum Gasteiger partial charge on any atom is 0.228 e. The summed E-state index contributed by atoms with van der Waals surface area (Å²) in [5.74, 6) is 2.01. The Hall–Kier alpha value is -1.35. The summed E-state index contributed by atoms with van der Waals surface area (Å²) in [6.07, 6.45) is 0.596. The molecule has 23 heavy (non-hydrogen) atoms. The van der Waals surface area contributed by atoms with Crippen LogP contribution in [0.3, 0.4) is 0 Å². The smallest absolute Gasteiger partial charge is 0.228 e. The van der Waals surface area contributed by atoms with Crippen LogP contribution in [-0.2, 0) is 6.42 Å². The fourth-order valence-electron chi connectivity index (χ4n) is 2.04. The third-order valence-corrected chi connectivity index (χ3v) is 3.16. The maximum atomic E-state index is 5.97. The lowest BCUT2D eigenvalue weighted by atomic mass is 10.2. The molecule has 0 aliphatic rings. The summed E-state index contributed by atoms with van der Waals surface area (Å²) in [6.45, 7) is 0.586. The van der Waals surface area contributed by atoms with Crippen molar-refractivity contribution in [2.75, 3.05) is 34.7 Å². The van der Waals surface area contributed by atoms with E-state index in [2.05, 4.69) is 15.1 Å². The van der Waals surface area contributed by atoms with Crippen molar-refractivity contribution in [3.8, 4) is 11.4 Å². The standard InChI is InChI=1S/C15H20ClN5O.HI/c1-20(2)15(21(3)4)17-9-8-13-18-14(19-22-13)11-6-5-7-12(16)10-11;/h5-7,10H,8-9H2,1-4H3;1H. The van der Waals surface area contributed by atoms with E-state index in [1.54, 1.807) is 0 Å². The third kappa shape index (κ3) is 5.65. The molecule has 0 saturated heterocycles. The fourth-order valence-corrected chi connectivity index (χ4v) is 2.23. The van der Waals surface area contributed by atoms with Gasteiger partial charge in [0.15, 0.2) is 5.96 Å². The molecule has 0 aliphatic carbocycles. The molecular weight excluding hydrogens is 429 g/mol. The van der Waals surface area contributed by atoms with E-state index in [0.29, 0.717) is 29.7 Å². The first-order chi connectivity index (χ1) is 10.5. The number of rotatable bonds is 4. The highest BCUT2D eigenvalue weighted by Gasteiger charge is 2.09. The molecule has 6 nitrogen and oxygen atoms in total. The number of hydrogen-bond acceptors (Lipinski definition) is 4. The molecule has 126 valence electrons. The number of halogens is 2. The van der Waals surface area contributed by atoms with Gasteiger partial charge >= 0.3 is 0 Å². The Kier molecular flexibility index (Phi) is 7.77. The molecule has 0 fully saturated rings. The molecule has 1 heterocycles. The number of aromatic nitrogens is 2. The van der Waals surface area contributed by atoms with Gasteiger partial charge in [0, 0.05) is 45.2 Å². The van der Waals surface area contributed by atoms with Gasteiger partial charge in [0.25, 0.3) is 0 Å². The molecule has 0 aliphatic heterocycles. The van der Waals surface area contributed by atoms with Gasteiger partial charge in [-0.25, -0.2) is 0 Å². The van der Waals surface area contributed by atoms with Crippen LogP contribution in [0.1, 0.15) is 5.89 Å². The van der Waals surface area contributed by atoms with Crippen LogP contribution in [0.15, 0.2) is 33.8 Å². The molecule has 1 aromatic carbocycles. The van der Waals surface area contributed by atoms with Crippen LogP contribution in [0, 0.1) is 0 Å². The molecule has 0 amide bonds. The van der Waals surface area contributed by atoms with Crippen LogP contribution in [0.25, 0.3) is 11.4 Å². The molecule has 2 aromatic rings. The van der Waals surface area contributed by atoms with E-state index in [4.69, 9.17) is 16.1 Å². The van der Waals surface area contributed by atoms with E-state index in [-0.39, 0.29) is 24.0 Å². The Morgan fingerprint density at radius 2 is 1.91 bits per heavy atom. The van der Waals surface area contributed by atoms with Crippen molar-refractivity contribution in [2.24, 2.45) is 4.99 Å². The van der Waals surface area contributed by atoms with Crippen LogP contribution in [0.5, 0.6) is 0 Å². The van der Waals surface area contributed by atoms with Crippen LogP contribution in [0.4, 0.5) is 0 Å². The Morgan fingerprint density at radius 1 is 1.22 bits per heavy atom. The maximum absolute atomic E-state index is 5.97. The van der Waals surface area contributed by atoms with Gasteiger partial charge in [-0.05, 0) is 12.1 Å². The number of benzene rings is 1. The molecule has 0 spiro atoms. The minimum atomic E-state index is 0. The van der Waals surface area contributed by atoms with Gasteiger partial charge in [0.05, 0.1) is 6.54 Å². The molecule has 0 radical (unpaired) electrons. The van der Waals surface area contributed by atoms with Crippen LogP contribution in [-0.4, -0.2) is 60.6 Å². The Balaban J connectivity index is 0.00000264. The molecule has 0 N–H and O–H groups in total. The molecule has 0 saturated carbocycles. The topological polar surface area (TPSA) is 57.8 Å². The van der Waals surface area contributed by atoms with Crippen molar-refractivity contribution >= 4 is 41.5 Å². The number of nitrogens with zero attached hydrogens (tertiary/aromatic N) is 5. The van der Waals surface area contributed by atoms with E-state index in [1.807, 2.05) is 62.3 Å². The molecule has 8 heteroatoms. The quantitative estimate of drug-likeness (QED) is 0.408. The zero-order valence-electron chi connectivity index (χ0n) is 13.7. The predicted molar refractivity (Wildman–Crippen MR) is 104 cm³/mol. The van der Waals surface area contributed by atoms with Crippen molar-refractivity contribution in [3.05, 3.63) is 35.2 Å². The number of aliphatic imine (C=N–C) groups is 1. The van der Waals surface area contributed by atoms with Crippen LogP contribution >= 0.6 is 35.6 Å². The largest absolute Gasteiger partial charge is 0.349 e. The highest BCUT2D eigenvalue weighted by molar-refractivity contribution is 14.0. The van der Waals surface area contributed by atoms with Gasteiger partial charge < -0.3 is 14.3 Å². The summed E-state index contributed by atoms with van der Waals surface area (Å²) in [4.78, 5) is 12.8. The van der Waals surface area contributed by atoms with Crippen molar-refractivity contribution < 1.29 is 4.52 Å². The van der Waals surface area contributed by atoms with Gasteiger partial charge in [-0.2, -0.15) is 4.98 Å². The SMILES string of the molecule is CN(C)C(=NCCc1nc(-c2cccc(Cl)c2)no1)N(C)C.I. The first-order valence-corrected chi connectivity index (χ1v) is 7.33. The average molecular weight is 450 g/mol. The first-order valence-electron chi connectivity index (χ1n) is 6.95. The normalized spacial score (nSPS) is 9.96. The van der Waals surface area contributed by atoms with Gasteiger partial charge in [0.1, 0.15) is 0 Å². The minimum Gasteiger partial charge on any atom is -0.349 e. The van der Waals surface area contributed by atoms with Gasteiger partial charge in [-0.1, -0.05) is 28.9 Å². The summed E-state index contributed by atoms with van der Waals surface area (Å²) < 4.78 is 5.26. The zero-order valence-corrected chi connectivity index (χ0v) is 16.7. The molecular formula is C15H21ClIN5O. The highest BCUT2D eigenvalue weighted by Crippen LogP contribution is 2.19. The fraction of sp³-hybridized carbons (Fsp3) is 0.400. The van der Waals surface area contributed by atoms with E-state index in [0.717, 1.165) is 11.5 Å². The summed E-state index contributed by atoms with van der Waals surface area (Å²) in [6, 6.07) is 7.38. The van der Waals surface area contributed by atoms with Crippen LogP contribution in [0.2, 0.25) is 5.02 Å². The highest BCUT2D eigenvalue weighted by atomic mass is 127.